The van der Waals surface area contributed by atoms with Crippen LogP contribution in [-0.4, -0.2) is 37.6 Å². The number of carbonyl (C=O) groups is 1. The standard InChI is InChI=1S/C23H20Cl2FN3O3S2/c1-33-18-9-5-16(6-10-18)13-27-28-23(30)15-29(14-20-21(25)3-2-4-22(20)26)34(31,32)19-11-7-17(24)8-12-19/h2-13H,14-15H2,1H3,(H,28,30)/b27-13-. The van der Waals surface area contributed by atoms with Gasteiger partial charge in [0.2, 0.25) is 10.0 Å². The molecule has 3 rings (SSSR count). The van der Waals surface area contributed by atoms with Gasteiger partial charge in [-0.25, -0.2) is 18.2 Å². The average Bonchev–Trinajstić information content (AvgIpc) is 2.81. The summed E-state index contributed by atoms with van der Waals surface area (Å²) in [5.41, 5.74) is 3.01. The lowest BCUT2D eigenvalue weighted by molar-refractivity contribution is -0.121. The third-order valence-corrected chi connectivity index (χ3v) is 7.84. The first-order valence-electron chi connectivity index (χ1n) is 9.85. The van der Waals surface area contributed by atoms with Crippen LogP contribution < -0.4 is 5.43 Å². The van der Waals surface area contributed by atoms with E-state index in [9.17, 15) is 17.6 Å². The van der Waals surface area contributed by atoms with Crippen LogP contribution in [0.1, 0.15) is 11.1 Å². The van der Waals surface area contributed by atoms with E-state index < -0.39 is 34.8 Å². The summed E-state index contributed by atoms with van der Waals surface area (Å²) in [5, 5.41) is 4.28. The summed E-state index contributed by atoms with van der Waals surface area (Å²) in [5.74, 6) is -1.39. The maximum Gasteiger partial charge on any atom is 0.255 e. The molecule has 3 aromatic carbocycles. The van der Waals surface area contributed by atoms with Crippen LogP contribution in [0.4, 0.5) is 4.39 Å². The highest BCUT2D eigenvalue weighted by Gasteiger charge is 2.28. The Morgan fingerprint density at radius 1 is 1.09 bits per heavy atom. The Morgan fingerprint density at radius 2 is 1.76 bits per heavy atom. The Balaban J connectivity index is 1.81. The van der Waals surface area contributed by atoms with E-state index >= 15 is 0 Å². The highest BCUT2D eigenvalue weighted by Crippen LogP contribution is 2.25. The molecule has 0 atom stereocenters. The summed E-state index contributed by atoms with van der Waals surface area (Å²) in [7, 11) is -4.20. The normalized spacial score (nSPS) is 11.8. The van der Waals surface area contributed by atoms with E-state index in [1.165, 1.54) is 48.7 Å². The maximum atomic E-state index is 14.4. The van der Waals surface area contributed by atoms with E-state index in [2.05, 4.69) is 10.5 Å². The molecule has 0 aliphatic carbocycles. The van der Waals surface area contributed by atoms with E-state index in [0.29, 0.717) is 5.02 Å². The number of nitrogens with one attached hydrogen (secondary N) is 1. The van der Waals surface area contributed by atoms with Crippen LogP contribution >= 0.6 is 35.0 Å². The number of rotatable bonds is 9. The Labute approximate surface area is 211 Å². The first-order chi connectivity index (χ1) is 16.2. The zero-order chi connectivity index (χ0) is 24.7. The second-order valence-corrected chi connectivity index (χ2v) is 10.7. The van der Waals surface area contributed by atoms with Crippen LogP contribution in [-0.2, 0) is 21.4 Å². The second kappa shape index (κ2) is 11.8. The van der Waals surface area contributed by atoms with Crippen molar-refractivity contribution in [3.8, 4) is 0 Å². The quantitative estimate of drug-likeness (QED) is 0.230. The molecule has 1 N–H and O–H groups in total. The van der Waals surface area contributed by atoms with Crippen LogP contribution in [0.2, 0.25) is 10.0 Å². The second-order valence-electron chi connectivity index (χ2n) is 6.99. The average molecular weight is 540 g/mol. The molecular weight excluding hydrogens is 520 g/mol. The molecule has 0 saturated carbocycles. The number of carbonyl (C=O) groups excluding carboxylic acids is 1. The van der Waals surface area contributed by atoms with Gasteiger partial charge in [0.1, 0.15) is 5.82 Å². The number of hydrazone groups is 1. The molecule has 0 aromatic heterocycles. The molecule has 34 heavy (non-hydrogen) atoms. The molecule has 0 saturated heterocycles. The summed E-state index contributed by atoms with van der Waals surface area (Å²) in [4.78, 5) is 13.5. The fourth-order valence-corrected chi connectivity index (χ4v) is 5.03. The fraction of sp³-hybridized carbons (Fsp3) is 0.130. The molecule has 178 valence electrons. The van der Waals surface area contributed by atoms with Gasteiger partial charge in [-0.3, -0.25) is 4.79 Å². The molecule has 0 spiro atoms. The zero-order valence-electron chi connectivity index (χ0n) is 17.9. The number of amides is 1. The summed E-state index contributed by atoms with van der Waals surface area (Å²) in [6.45, 7) is -1.07. The van der Waals surface area contributed by atoms with Crippen molar-refractivity contribution < 1.29 is 17.6 Å². The molecule has 0 aliphatic heterocycles. The topological polar surface area (TPSA) is 78.8 Å². The van der Waals surface area contributed by atoms with Gasteiger partial charge in [0.25, 0.3) is 5.91 Å². The van der Waals surface area contributed by atoms with E-state index in [1.807, 2.05) is 30.5 Å². The summed E-state index contributed by atoms with van der Waals surface area (Å²) in [6, 6.07) is 16.9. The van der Waals surface area contributed by atoms with Crippen LogP contribution in [0.5, 0.6) is 0 Å². The number of hydrogen-bond acceptors (Lipinski definition) is 5. The molecule has 0 bridgehead atoms. The Morgan fingerprint density at radius 3 is 2.38 bits per heavy atom. The third kappa shape index (κ3) is 6.80. The number of nitrogens with zero attached hydrogens (tertiary/aromatic N) is 2. The number of sulfonamides is 1. The lowest BCUT2D eigenvalue weighted by Crippen LogP contribution is -2.39. The van der Waals surface area contributed by atoms with Gasteiger partial charge in [-0.15, -0.1) is 11.8 Å². The highest BCUT2D eigenvalue weighted by molar-refractivity contribution is 7.98. The van der Waals surface area contributed by atoms with Crippen LogP contribution in [0, 0.1) is 5.82 Å². The summed E-state index contributed by atoms with van der Waals surface area (Å²) < 4.78 is 41.7. The Hall–Kier alpha value is -2.43. The predicted molar refractivity (Wildman–Crippen MR) is 134 cm³/mol. The Bertz CT molecular complexity index is 1270. The molecule has 3 aromatic rings. The maximum absolute atomic E-state index is 14.4. The largest absolute Gasteiger partial charge is 0.272 e. The first kappa shape index (κ1) is 26.2. The van der Waals surface area contributed by atoms with Crippen molar-refractivity contribution in [1.29, 1.82) is 0 Å². The van der Waals surface area contributed by atoms with Crippen molar-refractivity contribution in [2.45, 2.75) is 16.3 Å². The smallest absolute Gasteiger partial charge is 0.255 e. The van der Waals surface area contributed by atoms with E-state index in [-0.39, 0.29) is 15.5 Å². The number of halogens is 3. The first-order valence-corrected chi connectivity index (χ1v) is 13.3. The molecule has 0 aliphatic rings. The monoisotopic (exact) mass is 539 g/mol. The number of thioether (sulfide) groups is 1. The molecule has 0 fully saturated rings. The fourth-order valence-electron chi connectivity index (χ4n) is 2.91. The number of benzene rings is 3. The van der Waals surface area contributed by atoms with Gasteiger partial charge >= 0.3 is 0 Å². The molecule has 0 unspecified atom stereocenters. The third-order valence-electron chi connectivity index (χ3n) is 4.69. The van der Waals surface area contributed by atoms with Crippen molar-refractivity contribution in [2.75, 3.05) is 12.8 Å². The summed E-state index contributed by atoms with van der Waals surface area (Å²) >= 11 is 13.6. The predicted octanol–water partition coefficient (Wildman–Crippen LogP) is 5.20. The zero-order valence-corrected chi connectivity index (χ0v) is 21.1. The van der Waals surface area contributed by atoms with Gasteiger partial charge in [-0.1, -0.05) is 41.4 Å². The molecule has 0 radical (unpaired) electrons. The van der Waals surface area contributed by atoms with Gasteiger partial charge < -0.3 is 0 Å². The lowest BCUT2D eigenvalue weighted by atomic mass is 10.2. The molecular formula is C23H20Cl2FN3O3S2. The summed E-state index contributed by atoms with van der Waals surface area (Å²) in [6.07, 6.45) is 3.40. The minimum Gasteiger partial charge on any atom is -0.272 e. The van der Waals surface area contributed by atoms with E-state index in [0.717, 1.165) is 14.8 Å². The van der Waals surface area contributed by atoms with Gasteiger partial charge in [-0.2, -0.15) is 9.41 Å². The van der Waals surface area contributed by atoms with Crippen molar-refractivity contribution in [3.05, 3.63) is 93.7 Å². The molecule has 6 nitrogen and oxygen atoms in total. The van der Waals surface area contributed by atoms with Crippen molar-refractivity contribution in [2.24, 2.45) is 5.10 Å². The molecule has 11 heteroatoms. The van der Waals surface area contributed by atoms with Crippen molar-refractivity contribution >= 4 is 57.1 Å². The van der Waals surface area contributed by atoms with Crippen LogP contribution in [0.3, 0.4) is 0 Å². The minimum absolute atomic E-state index is 0.0448. The van der Waals surface area contributed by atoms with E-state index in [4.69, 9.17) is 23.2 Å². The van der Waals surface area contributed by atoms with Crippen LogP contribution in [0.15, 0.2) is 81.6 Å². The van der Waals surface area contributed by atoms with Gasteiger partial charge in [0, 0.05) is 27.0 Å². The van der Waals surface area contributed by atoms with Crippen molar-refractivity contribution in [3.63, 3.8) is 0 Å². The van der Waals surface area contributed by atoms with Gasteiger partial charge in [-0.05, 0) is 60.4 Å². The van der Waals surface area contributed by atoms with Crippen molar-refractivity contribution in [1.82, 2.24) is 9.73 Å². The minimum atomic E-state index is -4.20. The van der Waals surface area contributed by atoms with Crippen LogP contribution in [0.25, 0.3) is 0 Å². The number of hydrogen-bond donors (Lipinski definition) is 1. The lowest BCUT2D eigenvalue weighted by Gasteiger charge is -2.22. The Kier molecular flexibility index (Phi) is 9.10. The van der Waals surface area contributed by atoms with Gasteiger partial charge in [0.15, 0.2) is 0 Å². The van der Waals surface area contributed by atoms with Gasteiger partial charge in [0.05, 0.1) is 17.7 Å². The van der Waals surface area contributed by atoms with E-state index in [1.54, 1.807) is 11.8 Å². The molecule has 1 amide bonds. The SMILES string of the molecule is CSc1ccc(/C=N\NC(=O)CN(Cc2c(F)cccc2Cl)S(=O)(=O)c2ccc(Cl)cc2)cc1. The highest BCUT2D eigenvalue weighted by atomic mass is 35.5. The molecule has 0 heterocycles.